The Bertz CT molecular complexity index is 911. The predicted octanol–water partition coefficient (Wildman–Crippen LogP) is 2.46. The molecular formula is C18H12O7. The summed E-state index contributed by atoms with van der Waals surface area (Å²) < 4.78 is 10.5. The number of carboxylic acid groups (broad SMARTS) is 2. The highest BCUT2D eigenvalue weighted by molar-refractivity contribution is 6.15. The van der Waals surface area contributed by atoms with Crippen LogP contribution >= 0.6 is 0 Å². The Morgan fingerprint density at radius 2 is 1.88 bits per heavy atom. The van der Waals surface area contributed by atoms with Crippen molar-refractivity contribution in [3.05, 3.63) is 64.9 Å². The van der Waals surface area contributed by atoms with Crippen molar-refractivity contribution in [2.45, 2.75) is 0 Å². The van der Waals surface area contributed by atoms with E-state index in [2.05, 4.69) is 0 Å². The lowest BCUT2D eigenvalue weighted by Gasteiger charge is -2.04. The molecule has 2 aromatic carbocycles. The van der Waals surface area contributed by atoms with Crippen molar-refractivity contribution in [3.63, 3.8) is 0 Å². The second kappa shape index (κ2) is 6.48. The Hall–Kier alpha value is -3.61. The van der Waals surface area contributed by atoms with Gasteiger partial charge in [-0.15, -0.1) is 0 Å². The summed E-state index contributed by atoms with van der Waals surface area (Å²) in [7, 11) is 0. The largest absolute Gasteiger partial charge is 0.482 e. The fraction of sp³-hybridized carbons (Fsp3) is 0.0556. The number of carboxylic acids is 2. The van der Waals surface area contributed by atoms with Crippen molar-refractivity contribution in [3.8, 4) is 11.5 Å². The van der Waals surface area contributed by atoms with E-state index >= 15 is 0 Å². The standard InChI is InChI=1S/C18H12O7/c19-16(20)9-24-11-5-6-13-14(8-11)25-15(17(13)21)7-10-3-1-2-4-12(10)18(22)23/h1-8H,9H2,(H,19,20)(H,22,23)/b15-7-. The van der Waals surface area contributed by atoms with E-state index in [0.29, 0.717) is 11.1 Å². The van der Waals surface area contributed by atoms with Crippen LogP contribution in [0.3, 0.4) is 0 Å². The highest BCUT2D eigenvalue weighted by atomic mass is 16.5. The Morgan fingerprint density at radius 1 is 1.12 bits per heavy atom. The van der Waals surface area contributed by atoms with Gasteiger partial charge in [0.05, 0.1) is 11.1 Å². The van der Waals surface area contributed by atoms with Gasteiger partial charge in [-0.1, -0.05) is 18.2 Å². The maximum atomic E-state index is 12.4. The van der Waals surface area contributed by atoms with Gasteiger partial charge in [0.1, 0.15) is 11.5 Å². The number of fused-ring (bicyclic) bond motifs is 1. The lowest BCUT2D eigenvalue weighted by atomic mass is 10.0. The smallest absolute Gasteiger partial charge is 0.341 e. The fourth-order valence-corrected chi connectivity index (χ4v) is 2.36. The zero-order chi connectivity index (χ0) is 18.0. The minimum atomic E-state index is -1.12. The lowest BCUT2D eigenvalue weighted by Crippen LogP contribution is -2.09. The first-order valence-electron chi connectivity index (χ1n) is 7.21. The van der Waals surface area contributed by atoms with E-state index in [1.54, 1.807) is 18.2 Å². The highest BCUT2D eigenvalue weighted by Crippen LogP contribution is 2.35. The summed E-state index contributed by atoms with van der Waals surface area (Å²) in [5.74, 6) is -2.16. The van der Waals surface area contributed by atoms with Crippen molar-refractivity contribution >= 4 is 23.8 Å². The van der Waals surface area contributed by atoms with Gasteiger partial charge < -0.3 is 19.7 Å². The quantitative estimate of drug-likeness (QED) is 0.804. The molecule has 1 aliphatic heterocycles. The van der Waals surface area contributed by atoms with Crippen LogP contribution < -0.4 is 9.47 Å². The van der Waals surface area contributed by atoms with Gasteiger partial charge in [-0.05, 0) is 29.8 Å². The van der Waals surface area contributed by atoms with Crippen LogP contribution in [0.1, 0.15) is 26.3 Å². The first-order valence-corrected chi connectivity index (χ1v) is 7.21. The van der Waals surface area contributed by atoms with Gasteiger partial charge >= 0.3 is 11.9 Å². The van der Waals surface area contributed by atoms with Crippen LogP contribution in [-0.2, 0) is 4.79 Å². The van der Waals surface area contributed by atoms with Crippen molar-refractivity contribution < 1.29 is 34.1 Å². The van der Waals surface area contributed by atoms with E-state index < -0.39 is 18.5 Å². The molecule has 2 aromatic rings. The number of ketones is 1. The number of allylic oxidation sites excluding steroid dienone is 1. The van der Waals surface area contributed by atoms with Crippen molar-refractivity contribution in [2.24, 2.45) is 0 Å². The maximum Gasteiger partial charge on any atom is 0.341 e. The molecule has 0 atom stereocenters. The first-order chi connectivity index (χ1) is 12.0. The van der Waals surface area contributed by atoms with E-state index in [1.165, 1.54) is 30.3 Å². The molecule has 2 N–H and O–H groups in total. The Kier molecular flexibility index (Phi) is 4.21. The molecule has 0 aliphatic carbocycles. The molecule has 0 amide bonds. The molecule has 1 aliphatic rings. The summed E-state index contributed by atoms with van der Waals surface area (Å²) >= 11 is 0. The van der Waals surface area contributed by atoms with E-state index in [1.807, 2.05) is 0 Å². The van der Waals surface area contributed by atoms with Crippen LogP contribution in [0, 0.1) is 0 Å². The molecule has 0 unspecified atom stereocenters. The highest BCUT2D eigenvalue weighted by Gasteiger charge is 2.28. The van der Waals surface area contributed by atoms with Crippen LogP contribution in [0.2, 0.25) is 0 Å². The number of aromatic carboxylic acids is 1. The molecule has 126 valence electrons. The SMILES string of the molecule is O=C(O)COc1ccc2c(c1)O/C(=C\c1ccccc1C(=O)O)C2=O. The topological polar surface area (TPSA) is 110 Å². The molecule has 7 heteroatoms. The molecule has 7 nitrogen and oxygen atoms in total. The second-order valence-electron chi connectivity index (χ2n) is 5.17. The number of rotatable bonds is 5. The molecule has 0 spiro atoms. The monoisotopic (exact) mass is 340 g/mol. The third-order valence-electron chi connectivity index (χ3n) is 3.48. The average molecular weight is 340 g/mol. The van der Waals surface area contributed by atoms with Gasteiger partial charge in [0.15, 0.2) is 12.4 Å². The molecule has 3 rings (SSSR count). The number of hydrogen-bond acceptors (Lipinski definition) is 5. The normalized spacial score (nSPS) is 14.1. The molecule has 0 saturated carbocycles. The van der Waals surface area contributed by atoms with Crippen LogP contribution in [0.15, 0.2) is 48.2 Å². The fourth-order valence-electron chi connectivity index (χ4n) is 2.36. The van der Waals surface area contributed by atoms with Gasteiger partial charge in [-0.25, -0.2) is 9.59 Å². The molecule has 25 heavy (non-hydrogen) atoms. The van der Waals surface area contributed by atoms with Crippen molar-refractivity contribution in [1.29, 1.82) is 0 Å². The minimum absolute atomic E-state index is 0.0147. The third kappa shape index (κ3) is 3.35. The molecule has 1 heterocycles. The minimum Gasteiger partial charge on any atom is -0.482 e. The van der Waals surface area contributed by atoms with Gasteiger partial charge in [-0.2, -0.15) is 0 Å². The molecule has 0 bridgehead atoms. The number of carbonyl (C=O) groups is 3. The summed E-state index contributed by atoms with van der Waals surface area (Å²) in [6.45, 7) is -0.512. The summed E-state index contributed by atoms with van der Waals surface area (Å²) in [6, 6.07) is 10.6. The van der Waals surface area contributed by atoms with Crippen molar-refractivity contribution in [1.82, 2.24) is 0 Å². The van der Waals surface area contributed by atoms with E-state index in [4.69, 9.17) is 14.6 Å². The summed E-state index contributed by atoms with van der Waals surface area (Å²) in [4.78, 5) is 34.2. The molecule has 0 saturated heterocycles. The van der Waals surface area contributed by atoms with Crippen molar-refractivity contribution in [2.75, 3.05) is 6.61 Å². The number of ether oxygens (including phenoxy) is 2. The summed E-state index contributed by atoms with van der Waals surface area (Å²) in [5.41, 5.74) is 0.683. The maximum absolute atomic E-state index is 12.4. The van der Waals surface area contributed by atoms with Gasteiger partial charge in [-0.3, -0.25) is 4.79 Å². The number of Topliss-reactive ketones (excluding diaryl/α,β-unsaturated/α-hetero) is 1. The van der Waals surface area contributed by atoms with E-state index in [-0.39, 0.29) is 28.6 Å². The Morgan fingerprint density at radius 3 is 2.60 bits per heavy atom. The summed E-state index contributed by atoms with van der Waals surface area (Å²) in [6.07, 6.45) is 1.36. The average Bonchev–Trinajstić information content (AvgIpc) is 2.89. The van der Waals surface area contributed by atoms with Crippen LogP contribution in [0.5, 0.6) is 11.5 Å². The van der Waals surface area contributed by atoms with Gasteiger partial charge in [0, 0.05) is 6.07 Å². The van der Waals surface area contributed by atoms with Gasteiger partial charge in [0.2, 0.25) is 5.78 Å². The van der Waals surface area contributed by atoms with E-state index in [0.717, 1.165) is 0 Å². The number of carbonyl (C=O) groups excluding carboxylic acids is 1. The number of aliphatic carboxylic acids is 1. The summed E-state index contributed by atoms with van der Waals surface area (Å²) in [5, 5.41) is 17.8. The zero-order valence-electron chi connectivity index (χ0n) is 12.8. The number of benzene rings is 2. The lowest BCUT2D eigenvalue weighted by molar-refractivity contribution is -0.139. The Labute approximate surface area is 141 Å². The number of hydrogen-bond donors (Lipinski definition) is 2. The predicted molar refractivity (Wildman–Crippen MR) is 85.9 cm³/mol. The van der Waals surface area contributed by atoms with E-state index in [9.17, 15) is 19.5 Å². The van der Waals surface area contributed by atoms with Crippen LogP contribution in [0.4, 0.5) is 0 Å². The molecular weight excluding hydrogens is 328 g/mol. The molecule has 0 aromatic heterocycles. The molecule has 0 fully saturated rings. The second-order valence-corrected chi connectivity index (χ2v) is 5.17. The van der Waals surface area contributed by atoms with Gasteiger partial charge in [0.25, 0.3) is 0 Å². The Balaban J connectivity index is 1.90. The van der Waals surface area contributed by atoms with Crippen LogP contribution in [0.25, 0.3) is 6.08 Å². The molecule has 0 radical (unpaired) electrons. The third-order valence-corrected chi connectivity index (χ3v) is 3.48. The van der Waals surface area contributed by atoms with Crippen LogP contribution in [-0.4, -0.2) is 34.5 Å². The first kappa shape index (κ1) is 16.3. The zero-order valence-corrected chi connectivity index (χ0v) is 12.8.